The van der Waals surface area contributed by atoms with Crippen molar-refractivity contribution in [2.75, 3.05) is 40.6 Å². The normalized spacial score (nSPS) is 11.9. The van der Waals surface area contributed by atoms with Crippen molar-refractivity contribution in [1.82, 2.24) is 29.9 Å². The second-order valence-electron chi connectivity index (χ2n) is 15.0. The number of halogens is 9. The van der Waals surface area contributed by atoms with Crippen molar-refractivity contribution >= 4 is 99.3 Å². The molecule has 0 bridgehead atoms. The first-order valence-electron chi connectivity index (χ1n) is 23.4. The number of para-hydroxylation sites is 5. The van der Waals surface area contributed by atoms with E-state index in [9.17, 15) is 13.9 Å². The first-order chi connectivity index (χ1) is 41.1. The Labute approximate surface area is 609 Å². The van der Waals surface area contributed by atoms with Crippen LogP contribution in [-0.2, 0) is 33.7 Å². The van der Waals surface area contributed by atoms with Gasteiger partial charge in [-0.15, -0.1) is 0 Å². The van der Waals surface area contributed by atoms with Crippen LogP contribution in [0.15, 0.2) is 161 Å². The zero-order valence-corrected chi connectivity index (χ0v) is 56.2. The molecule has 0 saturated heterocycles. The van der Waals surface area contributed by atoms with Crippen molar-refractivity contribution < 1.29 is 181 Å². The third kappa shape index (κ3) is 24.6. The number of phenolic OH excluding ortho intramolecular Hbond substituents is 2. The Hall–Kier alpha value is -5.75. The SMILES string of the molecule is CN=C(C1=NOCCO1)c1ccccc1Oc1ncnc(Oc2ccccc2Cl)c1F.CO/N=C(/C1=NOCCO1)c1ccccc1O.Fc1c(Cl)ncnc1Cl.Fc1c(Cl)ncnc1Oc1ccccc1Cl.O=CO[O-].Oc1ccccc1Cl.[H-].[K+].[K+]. The van der Waals surface area contributed by atoms with Crippen LogP contribution in [0.3, 0.4) is 0 Å². The van der Waals surface area contributed by atoms with Gasteiger partial charge in [0, 0.05) is 12.6 Å². The summed E-state index contributed by atoms with van der Waals surface area (Å²) in [6.45, 7) is 1.28. The molecule has 0 unspecified atom stereocenters. The largest absolute Gasteiger partial charge is 1.00 e. The fraction of sp³-hybridized carbons (Fsp3) is 0.113. The smallest absolute Gasteiger partial charge is 1.00 e. The Morgan fingerprint density at radius 3 is 1.34 bits per heavy atom. The zero-order valence-electron chi connectivity index (χ0n) is 46.4. The molecule has 8 aromatic rings. The minimum absolute atomic E-state index is 0. The number of aliphatic imine (C=N–C) groups is 1. The van der Waals surface area contributed by atoms with Gasteiger partial charge in [-0.05, 0) is 71.0 Å². The summed E-state index contributed by atoms with van der Waals surface area (Å²) in [7, 11) is 2.98. The van der Waals surface area contributed by atoms with Gasteiger partial charge < -0.3 is 60.0 Å². The van der Waals surface area contributed by atoms with Gasteiger partial charge in [-0.1, -0.05) is 135 Å². The summed E-state index contributed by atoms with van der Waals surface area (Å²) in [6, 6.07) is 33.6. The number of carbonyl (C=O) groups excluding carboxylic acids is 1. The number of nitrogens with zero attached hydrogens (tertiary/aromatic N) is 10. The predicted octanol–water partition coefficient (Wildman–Crippen LogP) is 5.97. The van der Waals surface area contributed by atoms with E-state index in [1.54, 1.807) is 128 Å². The Morgan fingerprint density at radius 1 is 0.540 bits per heavy atom. The van der Waals surface area contributed by atoms with Gasteiger partial charge in [-0.25, -0.2) is 19.3 Å². The van der Waals surface area contributed by atoms with E-state index >= 15 is 4.39 Å². The van der Waals surface area contributed by atoms with E-state index in [-0.39, 0.29) is 179 Å². The monoisotopic (exact) mass is 1370 g/mol. The van der Waals surface area contributed by atoms with Crippen LogP contribution < -0.4 is 122 Å². The van der Waals surface area contributed by atoms with Crippen LogP contribution in [0.1, 0.15) is 12.6 Å². The molecule has 87 heavy (non-hydrogen) atoms. The number of ether oxygens (including phenoxy) is 5. The van der Waals surface area contributed by atoms with Gasteiger partial charge >= 0.3 is 103 Å². The minimum atomic E-state index is -0.887. The first-order valence-corrected chi connectivity index (χ1v) is 25.7. The predicted molar refractivity (Wildman–Crippen MR) is 305 cm³/mol. The summed E-state index contributed by atoms with van der Waals surface area (Å²) in [4.78, 5) is 51.7. The second kappa shape index (κ2) is 41.5. The molecule has 0 spiro atoms. The molecule has 0 aliphatic carbocycles. The van der Waals surface area contributed by atoms with E-state index in [2.05, 4.69) is 55.3 Å². The molecule has 34 heteroatoms. The van der Waals surface area contributed by atoms with Crippen LogP contribution in [-0.4, -0.2) is 110 Å². The number of oxime groups is 3. The number of hydrogen-bond donors (Lipinski definition) is 2. The van der Waals surface area contributed by atoms with Gasteiger partial charge in [0.05, 0.1) is 20.6 Å². The van der Waals surface area contributed by atoms with Crippen LogP contribution in [0.2, 0.25) is 30.5 Å². The van der Waals surface area contributed by atoms with Gasteiger partial charge in [0.15, 0.2) is 40.2 Å². The van der Waals surface area contributed by atoms with Crippen molar-refractivity contribution in [1.29, 1.82) is 0 Å². The van der Waals surface area contributed by atoms with Crippen LogP contribution >= 0.6 is 69.6 Å². The van der Waals surface area contributed by atoms with Gasteiger partial charge in [0.25, 0.3) is 35.9 Å². The average Bonchev–Trinajstić information content (AvgIpc) is 3.06. The molecule has 0 saturated carbocycles. The Morgan fingerprint density at radius 2 is 0.931 bits per heavy atom. The van der Waals surface area contributed by atoms with Gasteiger partial charge in [-0.2, -0.15) is 23.7 Å². The molecular formula is C53H41Cl6F3K2N10O13. The van der Waals surface area contributed by atoms with Crippen LogP contribution in [0.5, 0.6) is 46.4 Å². The summed E-state index contributed by atoms with van der Waals surface area (Å²) >= 11 is 33.3. The number of carbonyl (C=O) groups is 1. The average molecular weight is 1370 g/mol. The molecule has 0 atom stereocenters. The van der Waals surface area contributed by atoms with E-state index in [1.165, 1.54) is 7.11 Å². The van der Waals surface area contributed by atoms with E-state index in [1.807, 2.05) is 0 Å². The zero-order chi connectivity index (χ0) is 61.5. The number of aromatic hydroxyl groups is 2. The van der Waals surface area contributed by atoms with Crippen molar-refractivity contribution in [2.45, 2.75) is 0 Å². The molecule has 2 aliphatic heterocycles. The molecule has 0 radical (unpaired) electrons. The van der Waals surface area contributed by atoms with Crippen molar-refractivity contribution in [3.05, 3.63) is 199 Å². The van der Waals surface area contributed by atoms with E-state index in [0.29, 0.717) is 69.8 Å². The van der Waals surface area contributed by atoms with Crippen molar-refractivity contribution in [2.24, 2.45) is 20.5 Å². The van der Waals surface area contributed by atoms with E-state index < -0.39 is 17.5 Å². The topological polar surface area (TPSA) is 290 Å². The fourth-order valence-electron chi connectivity index (χ4n) is 5.92. The minimum Gasteiger partial charge on any atom is -1.00 e. The quantitative estimate of drug-likeness (QED) is 0.0355. The third-order valence-corrected chi connectivity index (χ3v) is 11.3. The van der Waals surface area contributed by atoms with Crippen LogP contribution in [0.4, 0.5) is 13.2 Å². The number of hydrogen-bond acceptors (Lipinski definition) is 23. The molecule has 5 aromatic carbocycles. The number of rotatable bonds is 12. The second-order valence-corrected chi connectivity index (χ2v) is 17.3. The number of benzene rings is 5. The molecule has 3 aromatic heterocycles. The summed E-state index contributed by atoms with van der Waals surface area (Å²) in [5, 5.41) is 38.7. The Kier molecular flexibility index (Phi) is 36.0. The Balaban J connectivity index is 0.000000396. The maximum atomic E-state index is 15.0. The third-order valence-electron chi connectivity index (χ3n) is 9.56. The molecule has 5 heterocycles. The number of phenols is 2. The summed E-state index contributed by atoms with van der Waals surface area (Å²) in [6.07, 6.45) is 3.33. The Bertz CT molecular complexity index is 3590. The number of aromatic nitrogens is 6. The molecule has 0 fully saturated rings. The molecule has 446 valence electrons. The van der Waals surface area contributed by atoms with Gasteiger partial charge in [-0.3, -0.25) is 9.79 Å². The summed E-state index contributed by atoms with van der Waals surface area (Å²) in [5.41, 5.74) is 1.67. The molecule has 2 aliphatic rings. The fourth-order valence-corrected chi connectivity index (χ4v) is 6.84. The van der Waals surface area contributed by atoms with E-state index in [0.717, 1.165) is 19.0 Å². The van der Waals surface area contributed by atoms with Crippen molar-refractivity contribution in [3.8, 4) is 46.4 Å². The van der Waals surface area contributed by atoms with Crippen LogP contribution in [0, 0.1) is 17.5 Å². The molecule has 23 nitrogen and oxygen atoms in total. The molecule has 10 rings (SSSR count). The van der Waals surface area contributed by atoms with Gasteiger partial charge in [0.2, 0.25) is 11.6 Å². The summed E-state index contributed by atoms with van der Waals surface area (Å²) in [5.74, 6) is -1.96. The standard InChI is InChI=1S/C21H16ClFN4O4.C11H12N2O4.C10H5Cl2FN2O.C6H5ClO.C4HCl2FN2.CH2O3.2K.H/c1-24-18(21-27-29-11-10-28-21)13-6-2-4-8-15(13)30-19-17(23)20(26-12-25-19)31-16-9-5-3-7-14(16)22;1-15-12-10(11-13-17-7-6-16-11)8-4-2-3-5-9(8)14;11-6-3-1-2-4-7(6)16-10-8(13)9(12)14-5-15-10;7-5-3-1-2-4-6(5)8;5-3-2(7)4(6)9-1-8-3;2-1-4-3;;;/h2-9,12H,10-11H2,1H3;2-5,14H,6-7H2,1H3;1-5H;1-4,8H;1H;1,3H;;;/q;;;;;;2*+1;-1/p-1/b;12-10+;;;;;;;. The molecule has 0 amide bonds. The molecule has 2 N–H and O–H groups in total. The molecular weight excluding hydrogens is 1330 g/mol. The van der Waals surface area contributed by atoms with E-state index in [4.69, 9.17) is 123 Å². The van der Waals surface area contributed by atoms with Gasteiger partial charge in [0.1, 0.15) is 73.8 Å². The first kappa shape index (κ1) is 75.5. The van der Waals surface area contributed by atoms with Crippen LogP contribution in [0.25, 0.3) is 0 Å². The summed E-state index contributed by atoms with van der Waals surface area (Å²) < 4.78 is 68.0. The maximum absolute atomic E-state index is 15.0. The van der Waals surface area contributed by atoms with Crippen molar-refractivity contribution in [3.63, 3.8) is 0 Å². The maximum Gasteiger partial charge on any atom is 1.00 e.